The second-order valence-corrected chi connectivity index (χ2v) is 3.95. The Morgan fingerprint density at radius 3 is 1.85 bits per heavy atom. The maximum atomic E-state index is 12.2. The Morgan fingerprint density at radius 2 is 1.40 bits per heavy atom. The molecular weight excluding hydrogens is 272 g/mol. The molecule has 1 aromatic heterocycles. The Kier molecular flexibility index (Phi) is 3.63. The van der Waals surface area contributed by atoms with Gasteiger partial charge < -0.3 is 20.4 Å². The molecule has 4 N–H and O–H groups in total. The van der Waals surface area contributed by atoms with Gasteiger partial charge in [-0.3, -0.25) is 19.2 Å². The van der Waals surface area contributed by atoms with Gasteiger partial charge >= 0.3 is 5.69 Å². The molecule has 1 aliphatic heterocycles. The highest BCUT2D eigenvalue weighted by molar-refractivity contribution is 5.78. The first-order valence-corrected chi connectivity index (χ1v) is 5.58. The van der Waals surface area contributed by atoms with E-state index in [2.05, 4.69) is 6.58 Å². The van der Waals surface area contributed by atoms with E-state index in [-0.39, 0.29) is 17.3 Å². The van der Waals surface area contributed by atoms with E-state index in [9.17, 15) is 24.9 Å². The van der Waals surface area contributed by atoms with Crippen LogP contribution in [0.2, 0.25) is 0 Å². The molecule has 110 valence electrons. The van der Waals surface area contributed by atoms with Gasteiger partial charge in [0.15, 0.2) is 11.5 Å². The molecule has 0 atom stereocenters. The normalized spacial score (nSPS) is 14.1. The highest BCUT2D eigenvalue weighted by Gasteiger charge is 2.36. The van der Waals surface area contributed by atoms with Gasteiger partial charge in [0.2, 0.25) is 0 Å². The zero-order chi connectivity index (χ0) is 15.0. The minimum absolute atomic E-state index is 0.0689. The summed E-state index contributed by atoms with van der Waals surface area (Å²) < 4.78 is 1.27. The van der Waals surface area contributed by atoms with Gasteiger partial charge in [0, 0.05) is 0 Å². The molecule has 0 aliphatic carbocycles. The van der Waals surface area contributed by atoms with Gasteiger partial charge in [-0.25, -0.2) is 9.36 Å². The molecule has 2 rings (SSSR count). The van der Waals surface area contributed by atoms with Gasteiger partial charge in [0.25, 0.3) is 5.56 Å². The predicted molar refractivity (Wildman–Crippen MR) is 67.7 cm³/mol. The van der Waals surface area contributed by atoms with Crippen molar-refractivity contribution in [2.75, 3.05) is 23.3 Å². The fraction of sp³-hybridized carbons (Fsp3) is 0.400. The maximum Gasteiger partial charge on any atom is 0.336 e. The quantitative estimate of drug-likeness (QED) is 0.458. The van der Waals surface area contributed by atoms with E-state index in [1.807, 2.05) is 0 Å². The lowest BCUT2D eigenvalue weighted by atomic mass is 10.4. The third kappa shape index (κ3) is 1.67. The molecule has 0 aromatic carbocycles. The van der Waals surface area contributed by atoms with Crippen LogP contribution >= 0.6 is 0 Å². The van der Waals surface area contributed by atoms with Gasteiger partial charge in [0.1, 0.15) is 32.7 Å². The van der Waals surface area contributed by atoms with Crippen LogP contribution in [0.5, 0.6) is 0 Å². The fourth-order valence-corrected chi connectivity index (χ4v) is 2.13. The minimum atomic E-state index is -0.940. The average molecular weight is 286 g/mol. The molecule has 0 fully saturated rings. The first-order chi connectivity index (χ1) is 9.53. The topological polar surface area (TPSA) is 131 Å². The Hall–Kier alpha value is -2.14. The van der Waals surface area contributed by atoms with Crippen LogP contribution in [0, 0.1) is 0 Å². The van der Waals surface area contributed by atoms with E-state index < -0.39 is 38.2 Å². The van der Waals surface area contributed by atoms with Crippen molar-refractivity contribution in [3.63, 3.8) is 0 Å². The Labute approximate surface area is 112 Å². The summed E-state index contributed by atoms with van der Waals surface area (Å²) in [6.45, 7) is 0.722. The molecule has 1 aromatic rings. The minimum Gasteiger partial charge on any atom is -0.376 e. The number of fused-ring (bicyclic) bond motifs is 1. The first kappa shape index (κ1) is 14.3. The summed E-state index contributed by atoms with van der Waals surface area (Å²) in [5.41, 5.74) is -1.96. The molecule has 0 saturated carbocycles. The molecule has 0 bridgehead atoms. The van der Waals surface area contributed by atoms with Gasteiger partial charge in [-0.2, -0.15) is 0 Å². The number of rotatable bonds is 4. The van der Waals surface area contributed by atoms with Gasteiger partial charge in [-0.05, 0) is 0 Å². The molecule has 10 nitrogen and oxygen atoms in total. The smallest absolute Gasteiger partial charge is 0.336 e. The van der Waals surface area contributed by atoms with Gasteiger partial charge in [0.05, 0.1) is 0 Å². The Bertz CT molecular complexity index is 663. The standard InChI is InChI=1S/C10H14N4O6/c1-6-11(2-15)7-8(12(6)3-16)13(4-17)10(20)14(5-18)9(7)19/h15-18H,1-5H2. The lowest BCUT2D eigenvalue weighted by Crippen LogP contribution is -2.42. The van der Waals surface area contributed by atoms with Crippen LogP contribution in [-0.2, 0) is 13.5 Å². The van der Waals surface area contributed by atoms with Crippen molar-refractivity contribution in [3.8, 4) is 0 Å². The Balaban J connectivity index is 2.92. The number of hydrogen-bond acceptors (Lipinski definition) is 8. The molecule has 0 radical (unpaired) electrons. The summed E-state index contributed by atoms with van der Waals surface area (Å²) in [5, 5.41) is 37.0. The summed E-state index contributed by atoms with van der Waals surface area (Å²) in [7, 11) is 0. The molecule has 0 amide bonds. The summed E-state index contributed by atoms with van der Waals surface area (Å²) >= 11 is 0. The third-order valence-corrected chi connectivity index (χ3v) is 3.09. The van der Waals surface area contributed by atoms with Crippen molar-refractivity contribution in [3.05, 3.63) is 33.2 Å². The number of aliphatic hydroxyl groups excluding tert-OH is 4. The molecule has 0 unspecified atom stereocenters. The van der Waals surface area contributed by atoms with Crippen molar-refractivity contribution < 1.29 is 20.4 Å². The predicted octanol–water partition coefficient (Wildman–Crippen LogP) is -3.09. The van der Waals surface area contributed by atoms with E-state index in [0.717, 1.165) is 14.4 Å². The molecule has 2 heterocycles. The molecule has 1 aliphatic rings. The van der Waals surface area contributed by atoms with Crippen LogP contribution in [0.25, 0.3) is 0 Å². The lowest BCUT2D eigenvalue weighted by Gasteiger charge is -2.20. The highest BCUT2D eigenvalue weighted by atomic mass is 16.3. The summed E-state index contributed by atoms with van der Waals surface area (Å²) in [5.74, 6) is -0.0202. The number of hydrogen-bond donors (Lipinski definition) is 4. The number of aliphatic hydroxyl groups is 4. The first-order valence-electron chi connectivity index (χ1n) is 5.58. The SMILES string of the molecule is C=C1N(CO)c2c(n(CO)c(=O)n(CO)c2=O)N1CO. The van der Waals surface area contributed by atoms with Gasteiger partial charge in [-0.1, -0.05) is 6.58 Å². The monoisotopic (exact) mass is 286 g/mol. The summed E-state index contributed by atoms with van der Waals surface area (Å²) in [6.07, 6.45) is 0. The highest BCUT2D eigenvalue weighted by Crippen LogP contribution is 2.36. The average Bonchev–Trinajstić information content (AvgIpc) is 2.72. The van der Waals surface area contributed by atoms with Crippen molar-refractivity contribution in [2.45, 2.75) is 13.5 Å². The van der Waals surface area contributed by atoms with Crippen LogP contribution < -0.4 is 21.0 Å². The van der Waals surface area contributed by atoms with E-state index in [0.29, 0.717) is 4.57 Å². The molecular formula is C10H14N4O6. The van der Waals surface area contributed by atoms with Crippen LogP contribution in [-0.4, -0.2) is 43.0 Å². The summed E-state index contributed by atoms with van der Waals surface area (Å²) in [6, 6.07) is 0. The van der Waals surface area contributed by atoms with Crippen molar-refractivity contribution >= 4 is 11.5 Å². The van der Waals surface area contributed by atoms with E-state index in [4.69, 9.17) is 5.11 Å². The zero-order valence-electron chi connectivity index (χ0n) is 10.4. The van der Waals surface area contributed by atoms with Crippen molar-refractivity contribution in [2.24, 2.45) is 0 Å². The Morgan fingerprint density at radius 1 is 0.850 bits per heavy atom. The zero-order valence-corrected chi connectivity index (χ0v) is 10.4. The molecule has 10 heteroatoms. The van der Waals surface area contributed by atoms with Crippen LogP contribution in [0.1, 0.15) is 0 Å². The third-order valence-electron chi connectivity index (χ3n) is 3.09. The maximum absolute atomic E-state index is 12.2. The lowest BCUT2D eigenvalue weighted by molar-refractivity contribution is 0.175. The van der Waals surface area contributed by atoms with E-state index in [1.54, 1.807) is 0 Å². The van der Waals surface area contributed by atoms with Crippen LogP contribution in [0.4, 0.5) is 11.5 Å². The van der Waals surface area contributed by atoms with E-state index in [1.165, 1.54) is 0 Å². The van der Waals surface area contributed by atoms with Crippen LogP contribution in [0.15, 0.2) is 22.0 Å². The van der Waals surface area contributed by atoms with Crippen molar-refractivity contribution in [1.82, 2.24) is 9.13 Å². The number of aromatic nitrogens is 2. The molecule has 0 saturated heterocycles. The second-order valence-electron chi connectivity index (χ2n) is 3.95. The summed E-state index contributed by atoms with van der Waals surface area (Å²) in [4.78, 5) is 26.3. The number of anilines is 2. The second kappa shape index (κ2) is 5.09. The number of nitrogens with zero attached hydrogens (tertiary/aromatic N) is 4. The largest absolute Gasteiger partial charge is 0.376 e. The molecule has 0 spiro atoms. The van der Waals surface area contributed by atoms with Crippen LogP contribution in [0.3, 0.4) is 0 Å². The fourth-order valence-electron chi connectivity index (χ4n) is 2.13. The van der Waals surface area contributed by atoms with Crippen molar-refractivity contribution in [1.29, 1.82) is 0 Å². The van der Waals surface area contributed by atoms with Gasteiger partial charge in [-0.15, -0.1) is 0 Å². The molecule has 20 heavy (non-hydrogen) atoms. The van der Waals surface area contributed by atoms with E-state index >= 15 is 0 Å².